The van der Waals surface area contributed by atoms with E-state index in [-0.39, 0.29) is 16.9 Å². The van der Waals surface area contributed by atoms with Crippen LogP contribution < -0.4 is 10.7 Å². The first-order valence-electron chi connectivity index (χ1n) is 8.65. The number of benzene rings is 1. The molecule has 0 aliphatic carbocycles. The predicted octanol–water partition coefficient (Wildman–Crippen LogP) is 2.24. The molecule has 0 bridgehead atoms. The summed E-state index contributed by atoms with van der Waals surface area (Å²) in [6.07, 6.45) is 2.78. The van der Waals surface area contributed by atoms with Crippen molar-refractivity contribution in [2.24, 2.45) is 11.8 Å². The summed E-state index contributed by atoms with van der Waals surface area (Å²) in [5.74, 6) is 1.10. The number of nitrogens with zero attached hydrogens (tertiary/aromatic N) is 1. The Morgan fingerprint density at radius 2 is 1.96 bits per heavy atom. The van der Waals surface area contributed by atoms with Crippen LogP contribution in [0.5, 0.6) is 0 Å². The molecule has 2 heterocycles. The van der Waals surface area contributed by atoms with Crippen LogP contribution in [0.25, 0.3) is 10.9 Å². The molecule has 0 unspecified atom stereocenters. The molecule has 1 saturated heterocycles. The summed E-state index contributed by atoms with van der Waals surface area (Å²) in [6, 6.07) is 7.23. The van der Waals surface area contributed by atoms with Crippen molar-refractivity contribution in [3.05, 3.63) is 46.2 Å². The van der Waals surface area contributed by atoms with Crippen molar-refractivity contribution in [3.8, 4) is 0 Å². The number of amides is 1. The second kappa shape index (κ2) is 7.18. The molecule has 0 saturated carbocycles. The Morgan fingerprint density at radius 1 is 1.25 bits per heavy atom. The number of aromatic amines is 1. The van der Waals surface area contributed by atoms with Crippen LogP contribution in [0.1, 0.15) is 30.6 Å². The number of carbonyl (C=O) groups is 1. The molecule has 5 heteroatoms. The molecular formula is C19H25N3O2. The van der Waals surface area contributed by atoms with E-state index in [4.69, 9.17) is 0 Å². The van der Waals surface area contributed by atoms with Gasteiger partial charge in [-0.2, -0.15) is 0 Å². The third-order valence-corrected chi connectivity index (χ3v) is 4.69. The van der Waals surface area contributed by atoms with Gasteiger partial charge in [0.1, 0.15) is 5.56 Å². The molecule has 3 rings (SSSR count). The lowest BCUT2D eigenvalue weighted by Crippen LogP contribution is -2.43. The molecule has 1 aliphatic heterocycles. The highest BCUT2D eigenvalue weighted by atomic mass is 16.2. The highest BCUT2D eigenvalue weighted by Crippen LogP contribution is 2.20. The van der Waals surface area contributed by atoms with E-state index in [9.17, 15) is 9.59 Å². The molecule has 24 heavy (non-hydrogen) atoms. The third-order valence-electron chi connectivity index (χ3n) is 4.69. The van der Waals surface area contributed by atoms with Crippen molar-refractivity contribution in [3.63, 3.8) is 0 Å². The summed E-state index contributed by atoms with van der Waals surface area (Å²) in [7, 11) is 0. The monoisotopic (exact) mass is 327 g/mol. The van der Waals surface area contributed by atoms with Crippen molar-refractivity contribution < 1.29 is 4.79 Å². The summed E-state index contributed by atoms with van der Waals surface area (Å²) < 4.78 is 0. The van der Waals surface area contributed by atoms with Crippen molar-refractivity contribution in [1.82, 2.24) is 15.2 Å². The number of fused-ring (bicyclic) bond motifs is 1. The Kier molecular flexibility index (Phi) is 5.00. The normalized spacial score (nSPS) is 21.8. The van der Waals surface area contributed by atoms with Gasteiger partial charge in [0.2, 0.25) is 5.43 Å². The van der Waals surface area contributed by atoms with Crippen molar-refractivity contribution >= 4 is 16.8 Å². The molecule has 2 aromatic rings. The first-order chi connectivity index (χ1) is 11.5. The zero-order chi connectivity index (χ0) is 17.1. The molecule has 1 aromatic carbocycles. The maximum absolute atomic E-state index is 12.4. The molecule has 0 radical (unpaired) electrons. The predicted molar refractivity (Wildman–Crippen MR) is 96.3 cm³/mol. The molecule has 2 atom stereocenters. The highest BCUT2D eigenvalue weighted by Gasteiger charge is 2.21. The van der Waals surface area contributed by atoms with Crippen LogP contribution in [-0.4, -0.2) is 42.0 Å². The van der Waals surface area contributed by atoms with Gasteiger partial charge in [0.05, 0.1) is 0 Å². The SMILES string of the molecule is C[C@@H]1C[C@H](C)CN(CCNC(=O)c2c[nH]c3ccccc3c2=O)C1. The fraction of sp³-hybridized carbons (Fsp3) is 0.474. The van der Waals surface area contributed by atoms with Crippen LogP contribution in [-0.2, 0) is 0 Å². The van der Waals surface area contributed by atoms with Gasteiger partial charge in [-0.1, -0.05) is 26.0 Å². The van der Waals surface area contributed by atoms with Crippen LogP contribution in [0, 0.1) is 11.8 Å². The number of nitrogens with one attached hydrogen (secondary N) is 2. The van der Waals surface area contributed by atoms with E-state index in [1.54, 1.807) is 12.1 Å². The lowest BCUT2D eigenvalue weighted by molar-refractivity contribution is 0.0935. The van der Waals surface area contributed by atoms with Crippen molar-refractivity contribution in [2.45, 2.75) is 20.3 Å². The van der Waals surface area contributed by atoms with E-state index in [1.165, 1.54) is 12.6 Å². The Bertz CT molecular complexity index is 774. The number of H-pyrrole nitrogens is 1. The number of pyridine rings is 1. The lowest BCUT2D eigenvalue weighted by atomic mass is 9.92. The summed E-state index contributed by atoms with van der Waals surface area (Å²) >= 11 is 0. The zero-order valence-corrected chi connectivity index (χ0v) is 14.3. The minimum absolute atomic E-state index is 0.175. The molecule has 2 N–H and O–H groups in total. The van der Waals surface area contributed by atoms with Crippen molar-refractivity contribution in [1.29, 1.82) is 0 Å². The average molecular weight is 327 g/mol. The number of aromatic nitrogens is 1. The summed E-state index contributed by atoms with van der Waals surface area (Å²) in [5.41, 5.74) is 0.700. The fourth-order valence-electron chi connectivity index (χ4n) is 3.73. The zero-order valence-electron chi connectivity index (χ0n) is 14.3. The maximum Gasteiger partial charge on any atom is 0.256 e. The van der Waals surface area contributed by atoms with Gasteiger partial charge in [-0.3, -0.25) is 9.59 Å². The molecule has 5 nitrogen and oxygen atoms in total. The van der Waals surface area contributed by atoms with E-state index in [0.717, 1.165) is 25.2 Å². The number of piperidine rings is 1. The quantitative estimate of drug-likeness (QED) is 0.905. The second-order valence-electron chi connectivity index (χ2n) is 7.04. The van der Waals surface area contributed by atoms with Gasteiger partial charge >= 0.3 is 0 Å². The van der Waals surface area contributed by atoms with E-state index in [0.29, 0.717) is 23.8 Å². The molecule has 1 aliphatic rings. The first kappa shape index (κ1) is 16.7. The van der Waals surface area contributed by atoms with Crippen LogP contribution in [0.15, 0.2) is 35.3 Å². The summed E-state index contributed by atoms with van der Waals surface area (Å²) in [6.45, 7) is 8.09. The van der Waals surface area contributed by atoms with Gasteiger partial charge < -0.3 is 15.2 Å². The second-order valence-corrected chi connectivity index (χ2v) is 7.04. The van der Waals surface area contributed by atoms with E-state index in [2.05, 4.69) is 29.0 Å². The lowest BCUT2D eigenvalue weighted by Gasteiger charge is -2.34. The standard InChI is InChI=1S/C19H25N3O2/c1-13-9-14(2)12-22(11-13)8-7-20-19(24)16-10-21-17-6-4-3-5-15(17)18(16)23/h3-6,10,13-14H,7-9,11-12H2,1-2H3,(H,20,24)(H,21,23)/t13-,14+. The number of para-hydroxylation sites is 1. The minimum Gasteiger partial charge on any atom is -0.360 e. The van der Waals surface area contributed by atoms with Crippen LogP contribution in [0.4, 0.5) is 0 Å². The third kappa shape index (κ3) is 3.67. The van der Waals surface area contributed by atoms with Gasteiger partial charge in [0.15, 0.2) is 0 Å². The number of likely N-dealkylation sites (tertiary alicyclic amines) is 1. The Labute approximate surface area is 142 Å². The Hall–Kier alpha value is -2.14. The molecular weight excluding hydrogens is 302 g/mol. The molecule has 0 spiro atoms. The minimum atomic E-state index is -0.305. The smallest absolute Gasteiger partial charge is 0.256 e. The Balaban J connectivity index is 1.61. The fourth-order valence-corrected chi connectivity index (χ4v) is 3.73. The number of hydrogen-bond donors (Lipinski definition) is 2. The summed E-state index contributed by atoms with van der Waals surface area (Å²) in [4.78, 5) is 30.2. The van der Waals surface area contributed by atoms with Gasteiger partial charge in [0, 0.05) is 43.3 Å². The molecule has 1 aromatic heterocycles. The van der Waals surface area contributed by atoms with Gasteiger partial charge in [-0.15, -0.1) is 0 Å². The number of carbonyl (C=O) groups excluding carboxylic acids is 1. The maximum atomic E-state index is 12.4. The van der Waals surface area contributed by atoms with Crippen LogP contribution >= 0.6 is 0 Å². The number of hydrogen-bond acceptors (Lipinski definition) is 3. The molecule has 128 valence electrons. The van der Waals surface area contributed by atoms with Gasteiger partial charge in [-0.05, 0) is 30.4 Å². The highest BCUT2D eigenvalue weighted by molar-refractivity contribution is 5.97. The van der Waals surface area contributed by atoms with Gasteiger partial charge in [-0.25, -0.2) is 0 Å². The van der Waals surface area contributed by atoms with Gasteiger partial charge in [0.25, 0.3) is 5.91 Å². The molecule has 1 fully saturated rings. The number of rotatable bonds is 4. The van der Waals surface area contributed by atoms with E-state index >= 15 is 0 Å². The molecule has 1 amide bonds. The largest absolute Gasteiger partial charge is 0.360 e. The van der Waals surface area contributed by atoms with Crippen molar-refractivity contribution in [2.75, 3.05) is 26.2 Å². The van der Waals surface area contributed by atoms with E-state index < -0.39 is 0 Å². The first-order valence-corrected chi connectivity index (χ1v) is 8.65. The Morgan fingerprint density at radius 3 is 2.71 bits per heavy atom. The van der Waals surface area contributed by atoms with Crippen LogP contribution in [0.2, 0.25) is 0 Å². The summed E-state index contributed by atoms with van der Waals surface area (Å²) in [5, 5.41) is 3.43. The topological polar surface area (TPSA) is 65.2 Å². The average Bonchev–Trinajstić information content (AvgIpc) is 2.54. The van der Waals surface area contributed by atoms with Crippen LogP contribution in [0.3, 0.4) is 0 Å². The van der Waals surface area contributed by atoms with E-state index in [1.807, 2.05) is 12.1 Å².